The van der Waals surface area contributed by atoms with Crippen molar-refractivity contribution in [3.05, 3.63) is 0 Å². The molecule has 0 saturated heterocycles. The highest BCUT2D eigenvalue weighted by Crippen LogP contribution is 2.37. The van der Waals surface area contributed by atoms with Gasteiger partial charge in [0.2, 0.25) is 5.91 Å². The monoisotopic (exact) mass is 252 g/mol. The van der Waals surface area contributed by atoms with Gasteiger partial charge >= 0.3 is 0 Å². The van der Waals surface area contributed by atoms with Gasteiger partial charge in [-0.2, -0.15) is 0 Å². The van der Waals surface area contributed by atoms with E-state index in [0.717, 1.165) is 25.7 Å². The van der Waals surface area contributed by atoms with Gasteiger partial charge in [0.15, 0.2) is 0 Å². The minimum atomic E-state index is 0.174. The topological polar surface area (TPSA) is 55.1 Å². The molecule has 3 nitrogen and oxygen atoms in total. The highest BCUT2D eigenvalue weighted by molar-refractivity contribution is 5.79. The summed E-state index contributed by atoms with van der Waals surface area (Å²) in [6, 6.07) is 0.359. The molecule has 0 aromatic heterocycles. The minimum Gasteiger partial charge on any atom is -0.353 e. The average Bonchev–Trinajstić information content (AvgIpc) is 2.79. The zero-order chi connectivity index (χ0) is 13.2. The van der Waals surface area contributed by atoms with Gasteiger partial charge in [0.1, 0.15) is 0 Å². The molecule has 3 heteroatoms. The van der Waals surface area contributed by atoms with Crippen molar-refractivity contribution in [1.29, 1.82) is 0 Å². The van der Waals surface area contributed by atoms with Crippen LogP contribution in [0.4, 0.5) is 0 Å². The number of nitrogens with one attached hydrogen (secondary N) is 1. The quantitative estimate of drug-likeness (QED) is 0.810. The Morgan fingerprint density at radius 2 is 2.00 bits per heavy atom. The zero-order valence-corrected chi connectivity index (χ0v) is 11.9. The summed E-state index contributed by atoms with van der Waals surface area (Å²) in [6.07, 6.45) is 8.23. The standard InChI is InChI=1S/C15H28N2O/c1-15(2)9-4-3-8-13(15)17-14(18)12-7-5-6-11(12)10-16/h11-13H,3-10,16H2,1-2H3,(H,17,18). The van der Waals surface area contributed by atoms with Crippen LogP contribution >= 0.6 is 0 Å². The van der Waals surface area contributed by atoms with Gasteiger partial charge in [0.05, 0.1) is 0 Å². The Morgan fingerprint density at radius 3 is 2.67 bits per heavy atom. The van der Waals surface area contributed by atoms with E-state index >= 15 is 0 Å². The van der Waals surface area contributed by atoms with E-state index in [1.165, 1.54) is 19.3 Å². The summed E-state index contributed by atoms with van der Waals surface area (Å²) in [5, 5.41) is 3.32. The van der Waals surface area contributed by atoms with Crippen molar-refractivity contribution in [2.45, 2.75) is 64.8 Å². The molecule has 2 rings (SSSR count). The number of hydrogen-bond acceptors (Lipinski definition) is 2. The highest BCUT2D eigenvalue weighted by atomic mass is 16.2. The summed E-state index contributed by atoms with van der Waals surface area (Å²) >= 11 is 0. The first-order valence-corrected chi connectivity index (χ1v) is 7.55. The molecule has 18 heavy (non-hydrogen) atoms. The Bertz CT molecular complexity index is 301. The van der Waals surface area contributed by atoms with Crippen LogP contribution in [0, 0.1) is 17.3 Å². The molecule has 2 aliphatic rings. The minimum absolute atomic E-state index is 0.174. The fourth-order valence-corrected chi connectivity index (χ4v) is 3.70. The van der Waals surface area contributed by atoms with Gasteiger partial charge < -0.3 is 11.1 Å². The summed E-state index contributed by atoms with van der Waals surface area (Å²) in [5.74, 6) is 0.854. The third-order valence-corrected chi connectivity index (χ3v) is 5.12. The number of hydrogen-bond donors (Lipinski definition) is 2. The van der Waals surface area contributed by atoms with E-state index in [0.29, 0.717) is 18.5 Å². The Morgan fingerprint density at radius 1 is 1.22 bits per heavy atom. The third-order valence-electron chi connectivity index (χ3n) is 5.12. The number of rotatable bonds is 3. The molecular formula is C15H28N2O. The van der Waals surface area contributed by atoms with Crippen LogP contribution in [0.1, 0.15) is 58.8 Å². The molecular weight excluding hydrogens is 224 g/mol. The Kier molecular flexibility index (Phi) is 4.31. The lowest BCUT2D eigenvalue weighted by molar-refractivity contribution is -0.127. The Balaban J connectivity index is 1.94. The van der Waals surface area contributed by atoms with Gasteiger partial charge in [-0.25, -0.2) is 0 Å². The molecule has 2 aliphatic carbocycles. The summed E-state index contributed by atoms with van der Waals surface area (Å²) in [4.78, 5) is 12.4. The van der Waals surface area contributed by atoms with Crippen molar-refractivity contribution in [3.63, 3.8) is 0 Å². The first kappa shape index (κ1) is 13.9. The molecule has 1 amide bonds. The third kappa shape index (κ3) is 2.87. The fraction of sp³-hybridized carbons (Fsp3) is 0.933. The second-order valence-corrected chi connectivity index (χ2v) is 6.83. The molecule has 3 N–H and O–H groups in total. The van der Waals surface area contributed by atoms with E-state index in [-0.39, 0.29) is 17.2 Å². The van der Waals surface area contributed by atoms with Gasteiger partial charge in [-0.1, -0.05) is 33.1 Å². The van der Waals surface area contributed by atoms with Gasteiger partial charge in [-0.05, 0) is 43.6 Å². The fourth-order valence-electron chi connectivity index (χ4n) is 3.70. The lowest BCUT2D eigenvalue weighted by atomic mass is 9.73. The van der Waals surface area contributed by atoms with Crippen LogP contribution in [0.5, 0.6) is 0 Å². The van der Waals surface area contributed by atoms with E-state index in [9.17, 15) is 4.79 Å². The number of nitrogens with two attached hydrogens (primary N) is 1. The lowest BCUT2D eigenvalue weighted by Gasteiger charge is -2.39. The second-order valence-electron chi connectivity index (χ2n) is 6.83. The van der Waals surface area contributed by atoms with Crippen molar-refractivity contribution < 1.29 is 4.79 Å². The summed E-state index contributed by atoms with van der Waals surface area (Å²) in [5.41, 5.74) is 6.02. The lowest BCUT2D eigenvalue weighted by Crippen LogP contribution is -2.49. The smallest absolute Gasteiger partial charge is 0.223 e. The summed E-state index contributed by atoms with van der Waals surface area (Å²) < 4.78 is 0. The van der Waals surface area contributed by atoms with E-state index in [2.05, 4.69) is 19.2 Å². The van der Waals surface area contributed by atoms with E-state index in [4.69, 9.17) is 5.73 Å². The average molecular weight is 252 g/mol. The van der Waals surface area contributed by atoms with Crippen LogP contribution in [0.3, 0.4) is 0 Å². The Hall–Kier alpha value is -0.570. The number of carbonyl (C=O) groups is 1. The van der Waals surface area contributed by atoms with E-state index in [1.54, 1.807) is 0 Å². The maximum Gasteiger partial charge on any atom is 0.223 e. The van der Waals surface area contributed by atoms with Crippen LogP contribution in [-0.4, -0.2) is 18.5 Å². The largest absolute Gasteiger partial charge is 0.353 e. The highest BCUT2D eigenvalue weighted by Gasteiger charge is 2.37. The molecule has 0 radical (unpaired) electrons. The van der Waals surface area contributed by atoms with E-state index < -0.39 is 0 Å². The molecule has 2 saturated carbocycles. The molecule has 0 aromatic rings. The molecule has 104 valence electrons. The molecule has 3 atom stereocenters. The molecule has 2 fully saturated rings. The van der Waals surface area contributed by atoms with Gasteiger partial charge in [-0.3, -0.25) is 4.79 Å². The molecule has 3 unspecified atom stereocenters. The van der Waals surface area contributed by atoms with Crippen LogP contribution in [0.25, 0.3) is 0 Å². The molecule has 0 aliphatic heterocycles. The molecule has 0 spiro atoms. The van der Waals surface area contributed by atoms with Crippen molar-refractivity contribution >= 4 is 5.91 Å². The van der Waals surface area contributed by atoms with Gasteiger partial charge in [0.25, 0.3) is 0 Å². The molecule has 0 bridgehead atoms. The van der Waals surface area contributed by atoms with Gasteiger partial charge in [0, 0.05) is 12.0 Å². The first-order chi connectivity index (χ1) is 8.54. The first-order valence-electron chi connectivity index (χ1n) is 7.55. The van der Waals surface area contributed by atoms with Gasteiger partial charge in [-0.15, -0.1) is 0 Å². The predicted octanol–water partition coefficient (Wildman–Crippen LogP) is 2.45. The van der Waals surface area contributed by atoms with Crippen molar-refractivity contribution in [1.82, 2.24) is 5.32 Å². The molecule has 0 aromatic carbocycles. The number of carbonyl (C=O) groups excluding carboxylic acids is 1. The molecule has 0 heterocycles. The van der Waals surface area contributed by atoms with Crippen molar-refractivity contribution in [2.75, 3.05) is 6.54 Å². The summed E-state index contributed by atoms with van der Waals surface area (Å²) in [7, 11) is 0. The predicted molar refractivity (Wildman–Crippen MR) is 74.1 cm³/mol. The maximum atomic E-state index is 12.4. The Labute approximate surface area is 111 Å². The zero-order valence-electron chi connectivity index (χ0n) is 11.9. The second kappa shape index (κ2) is 5.60. The van der Waals surface area contributed by atoms with Crippen molar-refractivity contribution in [3.8, 4) is 0 Å². The normalized spacial score (nSPS) is 35.4. The van der Waals surface area contributed by atoms with Crippen LogP contribution in [-0.2, 0) is 4.79 Å². The van der Waals surface area contributed by atoms with Crippen LogP contribution in [0.15, 0.2) is 0 Å². The maximum absolute atomic E-state index is 12.4. The summed E-state index contributed by atoms with van der Waals surface area (Å²) in [6.45, 7) is 5.23. The van der Waals surface area contributed by atoms with Crippen molar-refractivity contribution in [2.24, 2.45) is 23.0 Å². The number of amides is 1. The van der Waals surface area contributed by atoms with Crippen LogP contribution < -0.4 is 11.1 Å². The SMILES string of the molecule is CC1(C)CCCCC1NC(=O)C1CCCC1CN. The van der Waals surface area contributed by atoms with E-state index in [1.807, 2.05) is 0 Å². The van der Waals surface area contributed by atoms with Crippen LogP contribution in [0.2, 0.25) is 0 Å².